The Morgan fingerprint density at radius 3 is 2.56 bits per heavy atom. The van der Waals surface area contributed by atoms with Gasteiger partial charge in [0, 0.05) is 26.3 Å². The first-order valence-corrected chi connectivity index (χ1v) is 10.2. The molecule has 27 heavy (non-hydrogen) atoms. The first-order valence-electron chi connectivity index (χ1n) is 8.81. The van der Waals surface area contributed by atoms with Gasteiger partial charge in [-0.05, 0) is 55.7 Å². The largest absolute Gasteiger partial charge is 0.481 e. The van der Waals surface area contributed by atoms with Crippen LogP contribution in [0.1, 0.15) is 18.1 Å². The van der Waals surface area contributed by atoms with Crippen LogP contribution in [0.15, 0.2) is 47.4 Å². The highest BCUT2D eigenvalue weighted by atomic mass is 32.2. The van der Waals surface area contributed by atoms with E-state index in [4.69, 9.17) is 4.74 Å². The molecule has 2 aromatic carbocycles. The number of amides is 1. The van der Waals surface area contributed by atoms with Crippen molar-refractivity contribution in [1.82, 2.24) is 4.31 Å². The van der Waals surface area contributed by atoms with Crippen molar-refractivity contribution >= 4 is 21.6 Å². The summed E-state index contributed by atoms with van der Waals surface area (Å²) >= 11 is 0. The molecule has 0 bridgehead atoms. The molecule has 144 valence electrons. The number of hydrogen-bond acceptors (Lipinski definition) is 4. The third-order valence-corrected chi connectivity index (χ3v) is 6.55. The summed E-state index contributed by atoms with van der Waals surface area (Å²) in [5.41, 5.74) is 2.57. The van der Waals surface area contributed by atoms with E-state index in [0.29, 0.717) is 18.7 Å². The number of ether oxygens (including phenoxy) is 1. The molecule has 0 saturated carbocycles. The van der Waals surface area contributed by atoms with Crippen LogP contribution in [-0.2, 0) is 21.2 Å². The highest BCUT2D eigenvalue weighted by molar-refractivity contribution is 7.89. The first kappa shape index (κ1) is 19.4. The third kappa shape index (κ3) is 3.70. The van der Waals surface area contributed by atoms with Gasteiger partial charge in [0.15, 0.2) is 6.10 Å². The lowest BCUT2D eigenvalue weighted by molar-refractivity contribution is -0.124. The maximum atomic E-state index is 12.9. The number of aryl methyl sites for hydroxylation is 1. The van der Waals surface area contributed by atoms with Gasteiger partial charge in [0.05, 0.1) is 4.90 Å². The Morgan fingerprint density at radius 1 is 1.19 bits per heavy atom. The van der Waals surface area contributed by atoms with Gasteiger partial charge in [0.1, 0.15) is 5.75 Å². The van der Waals surface area contributed by atoms with Crippen LogP contribution >= 0.6 is 0 Å². The van der Waals surface area contributed by atoms with Crippen molar-refractivity contribution in [3.8, 4) is 5.75 Å². The Morgan fingerprint density at radius 2 is 1.89 bits per heavy atom. The van der Waals surface area contributed by atoms with Gasteiger partial charge in [-0.15, -0.1) is 0 Å². The molecule has 1 aliphatic heterocycles. The quantitative estimate of drug-likeness (QED) is 0.790. The van der Waals surface area contributed by atoms with Crippen LogP contribution < -0.4 is 9.64 Å². The van der Waals surface area contributed by atoms with Gasteiger partial charge in [-0.1, -0.05) is 18.2 Å². The molecular weight excluding hydrogens is 364 g/mol. The summed E-state index contributed by atoms with van der Waals surface area (Å²) in [5, 5.41) is 0. The number of rotatable bonds is 5. The van der Waals surface area contributed by atoms with Crippen molar-refractivity contribution in [3.05, 3.63) is 53.6 Å². The van der Waals surface area contributed by atoms with Crippen LogP contribution in [0.2, 0.25) is 0 Å². The lowest BCUT2D eigenvalue weighted by atomic mass is 10.2. The Kier molecular flexibility index (Phi) is 5.26. The standard InChI is InChI=1S/C20H24N2O4S/c1-14-7-5-6-8-19(14)26-15(2)20(23)22-12-11-16-13-17(9-10-18(16)22)27(24,25)21(3)4/h5-10,13,15H,11-12H2,1-4H3/t15-/m0/s1. The van der Waals surface area contributed by atoms with E-state index < -0.39 is 16.1 Å². The van der Waals surface area contributed by atoms with Gasteiger partial charge in [-0.2, -0.15) is 0 Å². The van der Waals surface area contributed by atoms with Crippen LogP contribution in [-0.4, -0.2) is 45.4 Å². The maximum absolute atomic E-state index is 12.9. The third-order valence-electron chi connectivity index (χ3n) is 4.74. The summed E-state index contributed by atoms with van der Waals surface area (Å²) in [6.07, 6.45) is -0.0168. The summed E-state index contributed by atoms with van der Waals surface area (Å²) in [7, 11) is -0.487. The summed E-state index contributed by atoms with van der Waals surface area (Å²) in [5.74, 6) is 0.547. The van der Waals surface area contributed by atoms with E-state index in [9.17, 15) is 13.2 Å². The fourth-order valence-electron chi connectivity index (χ4n) is 3.13. The zero-order valence-corrected chi connectivity index (χ0v) is 16.8. The summed E-state index contributed by atoms with van der Waals surface area (Å²) in [6, 6.07) is 12.5. The molecule has 0 N–H and O–H groups in total. The Hall–Kier alpha value is -2.38. The second kappa shape index (κ2) is 7.32. The fourth-order valence-corrected chi connectivity index (χ4v) is 4.08. The number of sulfonamides is 1. The number of fused-ring (bicyclic) bond motifs is 1. The molecule has 0 saturated heterocycles. The normalized spacial score (nSPS) is 14.9. The average molecular weight is 388 g/mol. The van der Waals surface area contributed by atoms with Crippen molar-refractivity contribution < 1.29 is 17.9 Å². The molecule has 6 nitrogen and oxygen atoms in total. The zero-order chi connectivity index (χ0) is 19.8. The maximum Gasteiger partial charge on any atom is 0.267 e. The highest BCUT2D eigenvalue weighted by Gasteiger charge is 2.30. The molecule has 7 heteroatoms. The van der Waals surface area contributed by atoms with Crippen LogP contribution in [0, 0.1) is 6.92 Å². The highest BCUT2D eigenvalue weighted by Crippen LogP contribution is 2.31. The van der Waals surface area contributed by atoms with Gasteiger partial charge in [-0.25, -0.2) is 12.7 Å². The predicted molar refractivity (Wildman–Crippen MR) is 105 cm³/mol. The molecule has 1 amide bonds. The van der Waals surface area contributed by atoms with Crippen molar-refractivity contribution in [2.24, 2.45) is 0 Å². The van der Waals surface area contributed by atoms with Crippen molar-refractivity contribution in [2.45, 2.75) is 31.3 Å². The number of hydrogen-bond donors (Lipinski definition) is 0. The number of nitrogens with zero attached hydrogens (tertiary/aromatic N) is 2. The topological polar surface area (TPSA) is 66.9 Å². The summed E-state index contributed by atoms with van der Waals surface area (Å²) in [4.78, 5) is 14.8. The SMILES string of the molecule is Cc1ccccc1O[C@@H](C)C(=O)N1CCc2cc(S(=O)(=O)N(C)C)ccc21. The van der Waals surface area contributed by atoms with E-state index >= 15 is 0 Å². The monoisotopic (exact) mass is 388 g/mol. The van der Waals surface area contributed by atoms with Gasteiger partial charge in [0.25, 0.3) is 5.91 Å². The van der Waals surface area contributed by atoms with Gasteiger partial charge in [0.2, 0.25) is 10.0 Å². The van der Waals surface area contributed by atoms with Crippen molar-refractivity contribution in [3.63, 3.8) is 0 Å². The van der Waals surface area contributed by atoms with E-state index in [1.54, 1.807) is 30.0 Å². The van der Waals surface area contributed by atoms with Gasteiger partial charge < -0.3 is 9.64 Å². The van der Waals surface area contributed by atoms with Crippen molar-refractivity contribution in [2.75, 3.05) is 25.5 Å². The molecule has 1 heterocycles. The number of para-hydroxylation sites is 1. The Balaban J connectivity index is 1.81. The van der Waals surface area contributed by atoms with Crippen LogP contribution in [0.3, 0.4) is 0 Å². The molecular formula is C20H24N2O4S. The smallest absolute Gasteiger partial charge is 0.267 e. The zero-order valence-electron chi connectivity index (χ0n) is 16.0. The molecule has 1 aliphatic rings. The number of benzene rings is 2. The number of carbonyl (C=O) groups is 1. The second-order valence-corrected chi connectivity index (χ2v) is 9.00. The fraction of sp³-hybridized carbons (Fsp3) is 0.350. The predicted octanol–water partition coefficient (Wildman–Crippen LogP) is 2.60. The molecule has 3 rings (SSSR count). The minimum absolute atomic E-state index is 0.139. The lowest BCUT2D eigenvalue weighted by Gasteiger charge is -2.23. The van der Waals surface area contributed by atoms with Crippen molar-refractivity contribution in [1.29, 1.82) is 0 Å². The minimum atomic E-state index is -3.49. The Bertz CT molecular complexity index is 970. The van der Waals surface area contributed by atoms with Crippen LogP contribution in [0.25, 0.3) is 0 Å². The van der Waals surface area contributed by atoms with Crippen LogP contribution in [0.4, 0.5) is 5.69 Å². The van der Waals surface area contributed by atoms with E-state index in [-0.39, 0.29) is 10.8 Å². The minimum Gasteiger partial charge on any atom is -0.481 e. The average Bonchev–Trinajstić information content (AvgIpc) is 3.05. The molecule has 2 aromatic rings. The van der Waals surface area contributed by atoms with Gasteiger partial charge >= 0.3 is 0 Å². The van der Waals surface area contributed by atoms with Gasteiger partial charge in [-0.3, -0.25) is 4.79 Å². The number of anilines is 1. The van der Waals surface area contributed by atoms with Crippen LogP contribution in [0.5, 0.6) is 5.75 Å². The molecule has 0 spiro atoms. The number of carbonyl (C=O) groups excluding carboxylic acids is 1. The molecule has 0 aromatic heterocycles. The summed E-state index contributed by atoms with van der Waals surface area (Å²) < 4.78 is 31.7. The van der Waals surface area contributed by atoms with E-state index in [2.05, 4.69) is 0 Å². The molecule has 0 aliphatic carbocycles. The van der Waals surface area contributed by atoms with E-state index in [0.717, 1.165) is 16.8 Å². The Labute approximate surface area is 160 Å². The molecule has 1 atom stereocenters. The molecule has 0 radical (unpaired) electrons. The van der Waals surface area contributed by atoms with E-state index in [1.165, 1.54) is 18.4 Å². The second-order valence-electron chi connectivity index (χ2n) is 6.84. The molecule has 0 unspecified atom stereocenters. The lowest BCUT2D eigenvalue weighted by Crippen LogP contribution is -2.39. The molecule has 0 fully saturated rings. The summed E-state index contributed by atoms with van der Waals surface area (Å²) in [6.45, 7) is 4.18. The first-order chi connectivity index (χ1) is 12.7. The van der Waals surface area contributed by atoms with E-state index in [1.807, 2.05) is 31.2 Å².